The van der Waals surface area contributed by atoms with E-state index in [-0.39, 0.29) is 23.7 Å². The highest BCUT2D eigenvalue weighted by Crippen LogP contribution is 2.42. The van der Waals surface area contributed by atoms with Gasteiger partial charge in [-0.05, 0) is 63.6 Å². The van der Waals surface area contributed by atoms with E-state index in [2.05, 4.69) is 25.1 Å². The van der Waals surface area contributed by atoms with Gasteiger partial charge in [0.2, 0.25) is 0 Å². The van der Waals surface area contributed by atoms with E-state index in [0.29, 0.717) is 50.9 Å². The molecule has 5 rings (SSSR count). The minimum absolute atomic E-state index is 0.212. The molecule has 3 aromatic heterocycles. The number of amides is 1. The molecule has 1 unspecified atom stereocenters. The largest absolute Gasteiger partial charge is 0.493 e. The summed E-state index contributed by atoms with van der Waals surface area (Å²) in [6.07, 6.45) is 4.49. The Morgan fingerprint density at radius 2 is 1.94 bits per heavy atom. The molecule has 15 heteroatoms. The lowest BCUT2D eigenvalue weighted by molar-refractivity contribution is -0.687. The van der Waals surface area contributed by atoms with E-state index in [0.717, 1.165) is 16.3 Å². The highest BCUT2D eigenvalue weighted by molar-refractivity contribution is 7.46. The molecule has 254 valence electrons. The summed E-state index contributed by atoms with van der Waals surface area (Å²) in [5, 5.41) is 18.9. The quantitative estimate of drug-likeness (QED) is 0.0580. The first kappa shape index (κ1) is 35.2. The van der Waals surface area contributed by atoms with Crippen molar-refractivity contribution in [3.05, 3.63) is 88.5 Å². The number of phosphoric acid groups is 1. The van der Waals surface area contributed by atoms with Crippen LogP contribution in [-0.4, -0.2) is 56.8 Å². The highest BCUT2D eigenvalue weighted by Gasteiger charge is 2.23. The third-order valence-corrected chi connectivity index (χ3v) is 8.31. The lowest BCUT2D eigenvalue weighted by Crippen LogP contribution is -2.38. The number of hydrogen-bond acceptors (Lipinski definition) is 8. The van der Waals surface area contributed by atoms with Gasteiger partial charge in [0.15, 0.2) is 31.5 Å². The molecule has 1 amide bonds. The summed E-state index contributed by atoms with van der Waals surface area (Å²) in [7, 11) is -3.29. The average Bonchev–Trinajstić information content (AvgIpc) is 3.37. The van der Waals surface area contributed by atoms with Crippen molar-refractivity contribution >= 4 is 52.8 Å². The van der Waals surface area contributed by atoms with Crippen molar-refractivity contribution in [2.24, 2.45) is 0 Å². The van der Waals surface area contributed by atoms with Crippen LogP contribution in [0.4, 0.5) is 5.69 Å². The van der Waals surface area contributed by atoms with Crippen molar-refractivity contribution < 1.29 is 42.8 Å². The Balaban J connectivity index is 1.49. The number of aliphatic hydroxyl groups is 1. The molecule has 0 radical (unpaired) electrons. The number of phosphoric ester groups is 1. The number of benzene rings is 2. The smallest absolute Gasteiger partial charge is 0.472 e. The van der Waals surface area contributed by atoms with E-state index in [4.69, 9.17) is 30.9 Å². The molecule has 0 aliphatic heterocycles. The molecule has 5 aromatic rings. The first-order valence-corrected chi connectivity index (χ1v) is 16.9. The Morgan fingerprint density at radius 1 is 1.17 bits per heavy atom. The van der Waals surface area contributed by atoms with Gasteiger partial charge in [-0.2, -0.15) is 4.57 Å². The number of halogens is 1. The summed E-state index contributed by atoms with van der Waals surface area (Å²) >= 11 is 6.63. The van der Waals surface area contributed by atoms with Gasteiger partial charge >= 0.3 is 7.82 Å². The van der Waals surface area contributed by atoms with Crippen LogP contribution < -0.4 is 24.7 Å². The molecular weight excluding hydrogens is 661 g/mol. The summed E-state index contributed by atoms with van der Waals surface area (Å²) in [5.74, 6) is 0.221. The number of nitrogens with one attached hydrogen (secondary N) is 3. The zero-order valence-corrected chi connectivity index (χ0v) is 28.7. The summed E-state index contributed by atoms with van der Waals surface area (Å²) in [4.78, 5) is 39.2. The van der Waals surface area contributed by atoms with Crippen LogP contribution in [0.15, 0.2) is 61.1 Å². The van der Waals surface area contributed by atoms with Crippen LogP contribution >= 0.6 is 19.4 Å². The van der Waals surface area contributed by atoms with Crippen molar-refractivity contribution in [1.29, 1.82) is 0 Å². The Hall–Kier alpha value is -4.07. The minimum Gasteiger partial charge on any atom is -0.493 e. The van der Waals surface area contributed by atoms with E-state index in [1.807, 2.05) is 43.8 Å². The van der Waals surface area contributed by atoms with Gasteiger partial charge in [0.1, 0.15) is 17.0 Å². The number of hydrogen-bond donors (Lipinski definition) is 6. The predicted molar refractivity (Wildman–Crippen MR) is 181 cm³/mol. The maximum Gasteiger partial charge on any atom is 0.472 e. The molecule has 0 saturated carbocycles. The molecule has 0 aliphatic carbocycles. The van der Waals surface area contributed by atoms with Gasteiger partial charge in [-0.3, -0.25) is 9.78 Å². The third-order valence-electron chi connectivity index (χ3n) is 7.59. The molecule has 2 aromatic carbocycles. The number of aryl methyl sites for hydroxylation is 1. The number of aromatic nitrogens is 3. The van der Waals surface area contributed by atoms with E-state index in [1.54, 1.807) is 49.5 Å². The van der Waals surface area contributed by atoms with Gasteiger partial charge in [0, 0.05) is 40.8 Å². The van der Waals surface area contributed by atoms with Crippen LogP contribution in [0.5, 0.6) is 11.5 Å². The highest BCUT2D eigenvalue weighted by atomic mass is 35.5. The monoisotopic (exact) mass is 698 g/mol. The molecule has 1 atom stereocenters. The van der Waals surface area contributed by atoms with Crippen molar-refractivity contribution in [2.45, 2.75) is 45.9 Å². The van der Waals surface area contributed by atoms with E-state index >= 15 is 0 Å². The Bertz CT molecular complexity index is 2020. The topological polar surface area (TPSA) is 179 Å². The van der Waals surface area contributed by atoms with Crippen molar-refractivity contribution in [3.8, 4) is 11.5 Å². The second kappa shape index (κ2) is 14.2. The fraction of sp³-hybridized carbons (Fsp3) is 0.303. The van der Waals surface area contributed by atoms with E-state index in [9.17, 15) is 14.5 Å². The summed E-state index contributed by atoms with van der Waals surface area (Å²) in [6, 6.07) is 12.2. The molecule has 3 heterocycles. The number of methoxy groups -OCH3 is 1. The maximum atomic E-state index is 13.3. The van der Waals surface area contributed by atoms with E-state index < -0.39 is 20.7 Å². The number of carbonyl (C=O) groups is 1. The van der Waals surface area contributed by atoms with Crippen molar-refractivity contribution in [3.63, 3.8) is 0 Å². The zero-order valence-electron chi connectivity index (χ0n) is 27.1. The zero-order chi connectivity index (χ0) is 34.8. The number of aromatic amines is 1. The molecular formula is C33H38ClN5O8P+. The number of aliphatic hydroxyl groups excluding tert-OH is 1. The molecule has 0 fully saturated rings. The second-order valence-electron chi connectivity index (χ2n) is 12.2. The number of pyridine rings is 2. The Kier molecular flexibility index (Phi) is 10.4. The number of rotatable bonds is 12. The number of β-amino-alcohol motifs (C(OH)–C–C–N with tert-alkyl or cyclic N) is 1. The van der Waals surface area contributed by atoms with Gasteiger partial charge in [0.05, 0.1) is 34.9 Å². The molecule has 6 N–H and O–H groups in total. The normalized spacial score (nSPS) is 12.8. The summed E-state index contributed by atoms with van der Waals surface area (Å²) in [5.41, 5.74) is 3.72. The van der Waals surface area contributed by atoms with Crippen LogP contribution in [0.25, 0.3) is 21.8 Å². The predicted octanol–water partition coefficient (Wildman–Crippen LogP) is 5.14. The fourth-order valence-corrected chi connectivity index (χ4v) is 5.69. The minimum atomic E-state index is -4.77. The van der Waals surface area contributed by atoms with E-state index in [1.165, 1.54) is 7.11 Å². The molecule has 0 aliphatic rings. The fourth-order valence-electron chi connectivity index (χ4n) is 5.22. The average molecular weight is 699 g/mol. The molecule has 13 nitrogen and oxygen atoms in total. The first-order valence-electron chi connectivity index (χ1n) is 15.0. The van der Waals surface area contributed by atoms with Crippen LogP contribution in [0.1, 0.15) is 54.1 Å². The summed E-state index contributed by atoms with van der Waals surface area (Å²) < 4.78 is 28.9. The SMILES string of the molecule is COc1c(Cl)cc2c([nH]c3c[n+](Cc4ccc(C(O)CNC(C)(C)C)cc4OCOP(=O)(O)O)ccc32)c1NC(=O)c1cccnc1C. The van der Waals surface area contributed by atoms with Crippen LogP contribution in [-0.2, 0) is 15.6 Å². The number of anilines is 1. The number of H-pyrrole nitrogens is 1. The van der Waals surface area contributed by atoms with Gasteiger partial charge in [-0.1, -0.05) is 17.7 Å². The maximum absolute atomic E-state index is 13.3. The first-order chi connectivity index (χ1) is 22.6. The Morgan fingerprint density at radius 3 is 2.62 bits per heavy atom. The number of ether oxygens (including phenoxy) is 2. The molecule has 0 saturated heterocycles. The van der Waals surface area contributed by atoms with Gasteiger partial charge < -0.3 is 40.0 Å². The third kappa shape index (κ3) is 8.31. The Labute approximate surface area is 282 Å². The van der Waals surface area contributed by atoms with Gasteiger partial charge in [0.25, 0.3) is 5.91 Å². The van der Waals surface area contributed by atoms with Crippen LogP contribution in [0.3, 0.4) is 0 Å². The second-order valence-corrected chi connectivity index (χ2v) is 13.9. The number of fused-ring (bicyclic) bond motifs is 3. The van der Waals surface area contributed by atoms with Crippen molar-refractivity contribution in [1.82, 2.24) is 15.3 Å². The lowest BCUT2D eigenvalue weighted by atomic mass is 10.0. The molecule has 0 bridgehead atoms. The lowest BCUT2D eigenvalue weighted by Gasteiger charge is -2.23. The van der Waals surface area contributed by atoms with Gasteiger partial charge in [-0.25, -0.2) is 9.09 Å². The van der Waals surface area contributed by atoms with Crippen LogP contribution in [0, 0.1) is 6.92 Å². The molecule has 0 spiro atoms. The number of nitrogens with zero attached hydrogens (tertiary/aromatic N) is 2. The van der Waals surface area contributed by atoms with Crippen LogP contribution in [0.2, 0.25) is 5.02 Å². The number of carbonyl (C=O) groups excluding carboxylic acids is 1. The molecule has 48 heavy (non-hydrogen) atoms. The standard InChI is InChI=1S/C33H37ClN5O8P/c1-19-22(7-6-11-35-19)32(41)38-30-29-24(14-25(34)31(30)45-5)23-10-12-39(17-26(23)37-29)16-21-9-8-20(27(40)15-36-33(2,3)4)13-28(21)46-18-47-48(42,43)44/h6-14,17,27,36,40H,15-16,18H2,1-5H3,(H3,38,41,42,43,44)/p+1. The van der Waals surface area contributed by atoms with Gasteiger partial charge in [-0.15, -0.1) is 0 Å². The van der Waals surface area contributed by atoms with Crippen molar-refractivity contribution in [2.75, 3.05) is 25.8 Å². The summed E-state index contributed by atoms with van der Waals surface area (Å²) in [6.45, 7) is 7.60.